The Morgan fingerprint density at radius 1 is 1.18 bits per heavy atom. The third kappa shape index (κ3) is 5.99. The lowest BCUT2D eigenvalue weighted by molar-refractivity contribution is -0.138. The van der Waals surface area contributed by atoms with E-state index in [2.05, 4.69) is 27.1 Å². The van der Waals surface area contributed by atoms with Crippen molar-refractivity contribution >= 4 is 23.3 Å². The number of fused-ring (bicyclic) bond motifs is 1. The third-order valence-electron chi connectivity index (χ3n) is 6.59. The number of nitrogens with one attached hydrogen (secondary N) is 1. The van der Waals surface area contributed by atoms with Gasteiger partial charge in [-0.2, -0.15) is 13.2 Å². The number of anilines is 1. The van der Waals surface area contributed by atoms with Crippen molar-refractivity contribution in [1.29, 1.82) is 0 Å². The summed E-state index contributed by atoms with van der Waals surface area (Å²) in [7, 11) is 0. The molecule has 1 N–H and O–H groups in total. The number of benzene rings is 1. The van der Waals surface area contributed by atoms with Gasteiger partial charge in [-0.1, -0.05) is 30.7 Å². The molecule has 1 aromatic carbocycles. The van der Waals surface area contributed by atoms with Gasteiger partial charge in [-0.25, -0.2) is 9.97 Å². The minimum Gasteiger partial charge on any atom is -0.353 e. The number of aryl methyl sites for hydroxylation is 1. The van der Waals surface area contributed by atoms with Gasteiger partial charge in [-0.05, 0) is 42.9 Å². The number of halogens is 4. The number of amides is 1. The van der Waals surface area contributed by atoms with Crippen LogP contribution in [-0.2, 0) is 17.6 Å². The summed E-state index contributed by atoms with van der Waals surface area (Å²) in [6.07, 6.45) is -1.33. The van der Waals surface area contributed by atoms with E-state index in [-0.39, 0.29) is 12.5 Å². The molecule has 0 spiro atoms. The molecule has 1 saturated heterocycles. The lowest BCUT2D eigenvalue weighted by Crippen LogP contribution is -2.55. The van der Waals surface area contributed by atoms with Gasteiger partial charge in [-0.3, -0.25) is 4.79 Å². The van der Waals surface area contributed by atoms with Crippen LogP contribution in [0.5, 0.6) is 0 Å². The Morgan fingerprint density at radius 3 is 2.56 bits per heavy atom. The van der Waals surface area contributed by atoms with E-state index in [1.807, 2.05) is 0 Å². The number of rotatable bonds is 7. The van der Waals surface area contributed by atoms with Crippen molar-refractivity contribution in [2.24, 2.45) is 0 Å². The van der Waals surface area contributed by atoms with Crippen molar-refractivity contribution in [3.8, 4) is 0 Å². The fraction of sp³-hybridized carbons (Fsp3) is 0.542. The number of aromatic nitrogens is 2. The van der Waals surface area contributed by atoms with Crippen LogP contribution in [-0.4, -0.2) is 65.7 Å². The maximum Gasteiger partial charge on any atom is 0.390 e. The van der Waals surface area contributed by atoms with Gasteiger partial charge in [0.15, 0.2) is 0 Å². The topological polar surface area (TPSA) is 61.4 Å². The van der Waals surface area contributed by atoms with E-state index in [1.165, 1.54) is 5.56 Å². The van der Waals surface area contributed by atoms with Crippen LogP contribution in [0.25, 0.3) is 0 Å². The van der Waals surface area contributed by atoms with Crippen LogP contribution in [0.2, 0.25) is 5.02 Å². The predicted molar refractivity (Wildman–Crippen MR) is 125 cm³/mol. The van der Waals surface area contributed by atoms with Gasteiger partial charge in [-0.15, -0.1) is 0 Å². The molecule has 2 aromatic rings. The fourth-order valence-electron chi connectivity index (χ4n) is 4.73. The molecule has 0 unspecified atom stereocenters. The highest BCUT2D eigenvalue weighted by atomic mass is 35.5. The number of carbonyl (C=O) groups excluding carboxylic acids is 1. The van der Waals surface area contributed by atoms with Crippen LogP contribution in [0.4, 0.5) is 19.0 Å². The van der Waals surface area contributed by atoms with Crippen LogP contribution in [0.3, 0.4) is 0 Å². The molecule has 0 bridgehead atoms. The molecule has 4 rings (SSSR count). The van der Waals surface area contributed by atoms with E-state index in [0.29, 0.717) is 43.5 Å². The molecule has 1 aliphatic carbocycles. The van der Waals surface area contributed by atoms with Gasteiger partial charge in [0.1, 0.15) is 12.1 Å². The van der Waals surface area contributed by atoms with Crippen molar-refractivity contribution < 1.29 is 18.0 Å². The number of alkyl halides is 3. The maximum atomic E-state index is 13.3. The normalized spacial score (nSPS) is 19.3. The largest absolute Gasteiger partial charge is 0.390 e. The highest BCUT2D eigenvalue weighted by Gasteiger charge is 2.32. The Hall–Kier alpha value is -2.39. The van der Waals surface area contributed by atoms with E-state index in [0.717, 1.165) is 29.9 Å². The second kappa shape index (κ2) is 10.5. The molecule has 10 heteroatoms. The predicted octanol–water partition coefficient (Wildman–Crippen LogP) is 3.98. The van der Waals surface area contributed by atoms with Crippen molar-refractivity contribution in [2.45, 2.75) is 50.7 Å². The highest BCUT2D eigenvalue weighted by Crippen LogP contribution is 2.37. The summed E-state index contributed by atoms with van der Waals surface area (Å²) in [6, 6.07) is 6.28. The Morgan fingerprint density at radius 2 is 1.88 bits per heavy atom. The fourth-order valence-corrected chi connectivity index (χ4v) is 4.85. The average Bonchev–Trinajstić information content (AvgIpc) is 3.20. The molecule has 2 atom stereocenters. The number of piperazine rings is 1. The van der Waals surface area contributed by atoms with Gasteiger partial charge in [0.05, 0.1) is 12.5 Å². The second-order valence-electron chi connectivity index (χ2n) is 9.01. The molecule has 2 aliphatic rings. The molecule has 1 aliphatic heterocycles. The molecule has 184 valence electrons. The van der Waals surface area contributed by atoms with Gasteiger partial charge < -0.3 is 15.1 Å². The third-order valence-corrected chi connectivity index (χ3v) is 6.85. The zero-order chi connectivity index (χ0) is 24.3. The number of carbonyl (C=O) groups is 1. The zero-order valence-corrected chi connectivity index (χ0v) is 19.9. The van der Waals surface area contributed by atoms with Crippen LogP contribution >= 0.6 is 11.6 Å². The summed E-state index contributed by atoms with van der Waals surface area (Å²) >= 11 is 5.95. The first-order chi connectivity index (χ1) is 16.2. The first kappa shape index (κ1) is 24.7. The average molecular weight is 496 g/mol. The van der Waals surface area contributed by atoms with E-state index < -0.39 is 18.6 Å². The molecular weight excluding hydrogens is 467 g/mol. The molecule has 1 aromatic heterocycles. The summed E-state index contributed by atoms with van der Waals surface area (Å²) in [5.74, 6) is 1.17. The molecule has 1 amide bonds. The molecular formula is C24H29ClF3N5O. The summed E-state index contributed by atoms with van der Waals surface area (Å²) in [5.41, 5.74) is 3.15. The van der Waals surface area contributed by atoms with Crippen molar-refractivity contribution in [3.05, 3.63) is 52.4 Å². The molecule has 6 nitrogen and oxygen atoms in total. The van der Waals surface area contributed by atoms with Crippen molar-refractivity contribution in [2.75, 3.05) is 37.6 Å². The summed E-state index contributed by atoms with van der Waals surface area (Å²) < 4.78 is 38.1. The minimum absolute atomic E-state index is 0.182. The lowest BCUT2D eigenvalue weighted by atomic mass is 10.0. The van der Waals surface area contributed by atoms with E-state index in [1.54, 1.807) is 35.5 Å². The van der Waals surface area contributed by atoms with Crippen molar-refractivity contribution in [3.63, 3.8) is 0 Å². The molecule has 34 heavy (non-hydrogen) atoms. The minimum atomic E-state index is -4.28. The smallest absolute Gasteiger partial charge is 0.353 e. The van der Waals surface area contributed by atoms with Crippen LogP contribution in [0.1, 0.15) is 42.5 Å². The quantitative estimate of drug-likeness (QED) is 0.629. The zero-order valence-electron chi connectivity index (χ0n) is 19.1. The standard InChI is InChI=1S/C24H29ClF3N5O/c1-16-2-7-19-21(16)22(31-15-30-19)32-10-12-33(13-11-32)23(34)20(29-9-8-24(26,27)28)14-17-3-5-18(25)6-4-17/h3-6,15-16,20,29H,2,7-14H2,1H3/t16-,20-/m1/s1. The molecule has 0 radical (unpaired) electrons. The van der Waals surface area contributed by atoms with Crippen molar-refractivity contribution in [1.82, 2.24) is 20.2 Å². The summed E-state index contributed by atoms with van der Waals surface area (Å²) in [4.78, 5) is 26.2. The summed E-state index contributed by atoms with van der Waals surface area (Å²) in [6.45, 7) is 4.11. The van der Waals surface area contributed by atoms with Gasteiger partial charge in [0.25, 0.3) is 0 Å². The molecule has 2 heterocycles. The van der Waals surface area contributed by atoms with E-state index in [9.17, 15) is 18.0 Å². The maximum absolute atomic E-state index is 13.3. The number of hydrogen-bond acceptors (Lipinski definition) is 5. The second-order valence-corrected chi connectivity index (χ2v) is 9.45. The lowest BCUT2D eigenvalue weighted by Gasteiger charge is -2.38. The van der Waals surface area contributed by atoms with Crippen LogP contribution in [0.15, 0.2) is 30.6 Å². The Kier molecular flexibility index (Phi) is 7.62. The Balaban J connectivity index is 1.41. The molecule has 1 fully saturated rings. The molecule has 0 saturated carbocycles. The Labute approximate surface area is 202 Å². The first-order valence-electron chi connectivity index (χ1n) is 11.6. The summed E-state index contributed by atoms with van der Waals surface area (Å²) in [5, 5.41) is 3.41. The SMILES string of the molecule is C[C@@H]1CCc2ncnc(N3CCN(C(=O)[C@@H](Cc4ccc(Cl)cc4)NCCC(F)(F)F)CC3)c21. The monoisotopic (exact) mass is 495 g/mol. The van der Waals surface area contributed by atoms with E-state index >= 15 is 0 Å². The Bertz CT molecular complexity index is 993. The number of nitrogens with zero attached hydrogens (tertiary/aromatic N) is 4. The van der Waals surface area contributed by atoms with Crippen LogP contribution in [0, 0.1) is 0 Å². The van der Waals surface area contributed by atoms with E-state index in [4.69, 9.17) is 11.6 Å². The van der Waals surface area contributed by atoms with Gasteiger partial charge >= 0.3 is 6.18 Å². The van der Waals surface area contributed by atoms with Gasteiger partial charge in [0, 0.05) is 49.0 Å². The van der Waals surface area contributed by atoms with Crippen LogP contribution < -0.4 is 10.2 Å². The first-order valence-corrected chi connectivity index (χ1v) is 12.0. The van der Waals surface area contributed by atoms with Gasteiger partial charge in [0.2, 0.25) is 5.91 Å². The highest BCUT2D eigenvalue weighted by molar-refractivity contribution is 6.30. The number of hydrogen-bond donors (Lipinski definition) is 1.